The molecule has 0 heterocycles. The number of nitrogens with zero attached hydrogens (tertiary/aromatic N) is 1. The second-order valence-corrected chi connectivity index (χ2v) is 7.36. The molecule has 0 aliphatic heterocycles. The average Bonchev–Trinajstić information content (AvgIpc) is 3.01. The third-order valence-corrected chi connectivity index (χ3v) is 5.44. The summed E-state index contributed by atoms with van der Waals surface area (Å²) in [6.07, 6.45) is 0. The lowest BCUT2D eigenvalue weighted by atomic mass is 9.91. The predicted octanol–water partition coefficient (Wildman–Crippen LogP) is 6.59. The van der Waals surface area contributed by atoms with Crippen molar-refractivity contribution in [2.24, 2.45) is 4.99 Å². The molecular formula is C25H16ClNO. The number of carbonyl (C=O) groups is 1. The molecule has 4 aromatic carbocycles. The average molecular weight is 382 g/mol. The zero-order valence-corrected chi connectivity index (χ0v) is 15.7. The summed E-state index contributed by atoms with van der Waals surface area (Å²) < 4.78 is 0. The Morgan fingerprint density at radius 2 is 1.39 bits per heavy atom. The van der Waals surface area contributed by atoms with Crippen LogP contribution in [-0.4, -0.2) is 11.5 Å². The van der Waals surface area contributed by atoms with E-state index >= 15 is 0 Å². The molecule has 0 saturated heterocycles. The van der Waals surface area contributed by atoms with Crippen molar-refractivity contribution < 1.29 is 4.79 Å². The van der Waals surface area contributed by atoms with Gasteiger partial charge in [-0.15, -0.1) is 0 Å². The monoisotopic (exact) mass is 381 g/mol. The molecule has 3 heteroatoms. The van der Waals surface area contributed by atoms with Crippen molar-refractivity contribution in [1.82, 2.24) is 0 Å². The van der Waals surface area contributed by atoms with Crippen molar-refractivity contribution in [3.05, 3.63) is 113 Å². The zero-order chi connectivity index (χ0) is 19.1. The molecular weight excluding hydrogens is 366 g/mol. The van der Waals surface area contributed by atoms with Crippen LogP contribution in [-0.2, 0) is 0 Å². The zero-order valence-electron chi connectivity index (χ0n) is 15.0. The highest BCUT2D eigenvalue weighted by atomic mass is 35.5. The van der Waals surface area contributed by atoms with Crippen LogP contribution in [0.25, 0.3) is 10.8 Å². The third-order valence-electron chi connectivity index (χ3n) is 5.19. The topological polar surface area (TPSA) is 29.4 Å². The molecule has 0 aromatic heterocycles. The molecule has 1 aliphatic rings. The van der Waals surface area contributed by atoms with Gasteiger partial charge in [-0.1, -0.05) is 78.3 Å². The van der Waals surface area contributed by atoms with Crippen molar-refractivity contribution in [2.45, 2.75) is 5.92 Å². The smallest absolute Gasteiger partial charge is 0.176 e. The van der Waals surface area contributed by atoms with E-state index in [-0.39, 0.29) is 5.78 Å². The van der Waals surface area contributed by atoms with Gasteiger partial charge < -0.3 is 0 Å². The maximum atomic E-state index is 13.3. The van der Waals surface area contributed by atoms with Crippen molar-refractivity contribution in [2.75, 3.05) is 0 Å². The number of hydrogen-bond acceptors (Lipinski definition) is 2. The molecule has 1 unspecified atom stereocenters. The van der Waals surface area contributed by atoms with E-state index in [2.05, 4.69) is 24.3 Å². The van der Waals surface area contributed by atoms with Crippen LogP contribution >= 0.6 is 11.6 Å². The summed E-state index contributed by atoms with van der Waals surface area (Å²) in [7, 11) is 0. The van der Waals surface area contributed by atoms with Gasteiger partial charge in [0.2, 0.25) is 0 Å². The fourth-order valence-electron chi connectivity index (χ4n) is 3.83. The molecule has 1 aliphatic carbocycles. The summed E-state index contributed by atoms with van der Waals surface area (Å²) in [6.45, 7) is 0. The number of aliphatic imine (C=N–C) groups is 1. The van der Waals surface area contributed by atoms with Crippen LogP contribution in [0.1, 0.15) is 27.4 Å². The first kappa shape index (κ1) is 16.9. The van der Waals surface area contributed by atoms with Crippen molar-refractivity contribution >= 4 is 39.6 Å². The number of halogens is 1. The molecule has 0 radical (unpaired) electrons. The van der Waals surface area contributed by atoms with E-state index in [0.717, 1.165) is 38.9 Å². The quantitative estimate of drug-likeness (QED) is 0.385. The van der Waals surface area contributed by atoms with E-state index in [1.54, 1.807) is 0 Å². The first-order chi connectivity index (χ1) is 13.7. The third kappa shape index (κ3) is 2.83. The molecule has 28 heavy (non-hydrogen) atoms. The Bertz CT molecular complexity index is 1240. The number of ketones is 1. The number of benzene rings is 4. The maximum Gasteiger partial charge on any atom is 0.176 e. The normalized spacial score (nSPS) is 17.2. The Morgan fingerprint density at radius 1 is 0.714 bits per heavy atom. The number of hydrogen-bond donors (Lipinski definition) is 0. The standard InChI is InChI=1S/C25H16ClNO/c26-19-11-13-20(14-12-19)27-24-21-7-3-4-8-22(21)25(28)23(24)18-10-9-16-5-1-2-6-17(16)15-18/h1-15,23H. The lowest BCUT2D eigenvalue weighted by Gasteiger charge is -2.12. The molecule has 0 saturated carbocycles. The highest BCUT2D eigenvalue weighted by molar-refractivity contribution is 6.32. The number of fused-ring (bicyclic) bond motifs is 2. The van der Waals surface area contributed by atoms with E-state index in [0.29, 0.717) is 5.02 Å². The van der Waals surface area contributed by atoms with Gasteiger partial charge in [-0.3, -0.25) is 9.79 Å². The van der Waals surface area contributed by atoms with E-state index in [9.17, 15) is 4.79 Å². The Balaban J connectivity index is 1.70. The molecule has 2 nitrogen and oxygen atoms in total. The van der Waals surface area contributed by atoms with Crippen LogP contribution in [0.2, 0.25) is 5.02 Å². The highest BCUT2D eigenvalue weighted by Crippen LogP contribution is 2.37. The second kappa shape index (κ2) is 6.74. The van der Waals surface area contributed by atoms with Crippen LogP contribution in [0, 0.1) is 0 Å². The van der Waals surface area contributed by atoms with Gasteiger partial charge in [0.05, 0.1) is 17.3 Å². The van der Waals surface area contributed by atoms with Gasteiger partial charge in [-0.2, -0.15) is 0 Å². The largest absolute Gasteiger partial charge is 0.293 e. The highest BCUT2D eigenvalue weighted by Gasteiger charge is 2.37. The van der Waals surface area contributed by atoms with Crippen LogP contribution in [0.4, 0.5) is 5.69 Å². The van der Waals surface area contributed by atoms with Crippen molar-refractivity contribution in [1.29, 1.82) is 0 Å². The molecule has 0 N–H and O–H groups in total. The minimum absolute atomic E-state index is 0.0959. The minimum Gasteiger partial charge on any atom is -0.293 e. The summed E-state index contributed by atoms with van der Waals surface area (Å²) in [5.74, 6) is -0.309. The molecule has 1 atom stereocenters. The number of rotatable bonds is 2. The van der Waals surface area contributed by atoms with Crippen LogP contribution in [0.5, 0.6) is 0 Å². The SMILES string of the molecule is O=C1c2ccccc2C(=Nc2ccc(Cl)cc2)C1c1ccc2ccccc2c1. The summed E-state index contributed by atoms with van der Waals surface area (Å²) in [4.78, 5) is 18.2. The van der Waals surface area contributed by atoms with Crippen LogP contribution in [0.3, 0.4) is 0 Å². The van der Waals surface area contributed by atoms with Gasteiger partial charge in [0.15, 0.2) is 5.78 Å². The molecule has 134 valence electrons. The van der Waals surface area contributed by atoms with Crippen molar-refractivity contribution in [3.63, 3.8) is 0 Å². The number of Topliss-reactive ketones (excluding diaryl/α,β-unsaturated/α-hetero) is 1. The van der Waals surface area contributed by atoms with Gasteiger partial charge in [0.25, 0.3) is 0 Å². The fourth-order valence-corrected chi connectivity index (χ4v) is 3.96. The summed E-state index contributed by atoms with van der Waals surface area (Å²) >= 11 is 6.01. The Morgan fingerprint density at radius 3 is 2.18 bits per heavy atom. The van der Waals surface area contributed by atoms with Crippen LogP contribution < -0.4 is 0 Å². The van der Waals surface area contributed by atoms with Crippen molar-refractivity contribution in [3.8, 4) is 0 Å². The molecule has 0 amide bonds. The summed E-state index contributed by atoms with van der Waals surface area (Å²) in [6, 6.07) is 29.5. The van der Waals surface area contributed by atoms with E-state index in [1.807, 2.05) is 66.7 Å². The van der Waals surface area contributed by atoms with Crippen LogP contribution in [0.15, 0.2) is 96.0 Å². The first-order valence-electron chi connectivity index (χ1n) is 9.17. The van der Waals surface area contributed by atoms with E-state index < -0.39 is 5.92 Å². The molecule has 5 rings (SSSR count). The minimum atomic E-state index is -0.405. The van der Waals surface area contributed by atoms with Gasteiger partial charge in [0.1, 0.15) is 0 Å². The lowest BCUT2D eigenvalue weighted by molar-refractivity contribution is 0.0988. The molecule has 4 aromatic rings. The molecule has 0 fully saturated rings. The predicted molar refractivity (Wildman–Crippen MR) is 115 cm³/mol. The fraction of sp³-hybridized carbons (Fsp3) is 0.0400. The second-order valence-electron chi connectivity index (χ2n) is 6.92. The Kier molecular flexibility index (Phi) is 4.07. The van der Waals surface area contributed by atoms with Gasteiger partial charge in [-0.25, -0.2) is 0 Å². The van der Waals surface area contributed by atoms with E-state index in [1.165, 1.54) is 0 Å². The van der Waals surface area contributed by atoms with Gasteiger partial charge >= 0.3 is 0 Å². The summed E-state index contributed by atoms with van der Waals surface area (Å²) in [5.41, 5.74) is 4.18. The Hall–Kier alpha value is -3.23. The Labute approximate surface area is 168 Å². The van der Waals surface area contributed by atoms with E-state index in [4.69, 9.17) is 16.6 Å². The first-order valence-corrected chi connectivity index (χ1v) is 9.55. The molecule has 0 spiro atoms. The van der Waals surface area contributed by atoms with Gasteiger partial charge in [0, 0.05) is 16.1 Å². The van der Waals surface area contributed by atoms with Gasteiger partial charge in [-0.05, 0) is 40.6 Å². The number of carbonyl (C=O) groups excluding carboxylic acids is 1. The lowest BCUT2D eigenvalue weighted by Crippen LogP contribution is -2.13. The summed E-state index contributed by atoms with van der Waals surface area (Å²) in [5, 5.41) is 2.94. The maximum absolute atomic E-state index is 13.3. The molecule has 0 bridgehead atoms.